The minimum absolute atomic E-state index is 0.634. The van der Waals surface area contributed by atoms with E-state index in [1.54, 1.807) is 0 Å². The maximum absolute atomic E-state index is 3.53. The molecule has 2 heteroatoms. The summed E-state index contributed by atoms with van der Waals surface area (Å²) in [4.78, 5) is 2.84. The van der Waals surface area contributed by atoms with Crippen LogP contribution in [0.15, 0.2) is 0 Å². The molecule has 3 unspecified atom stereocenters. The van der Waals surface area contributed by atoms with E-state index < -0.39 is 0 Å². The lowest BCUT2D eigenvalue weighted by Gasteiger charge is -2.41. The van der Waals surface area contributed by atoms with Gasteiger partial charge in [0.25, 0.3) is 0 Å². The molecule has 2 rings (SSSR count). The Labute approximate surface area is 114 Å². The highest BCUT2D eigenvalue weighted by molar-refractivity contribution is 4.91. The molecule has 18 heavy (non-hydrogen) atoms. The Morgan fingerprint density at radius 3 is 2.67 bits per heavy atom. The normalized spacial score (nSPS) is 30.7. The molecule has 0 aromatic rings. The van der Waals surface area contributed by atoms with E-state index in [-0.39, 0.29) is 0 Å². The summed E-state index contributed by atoms with van der Waals surface area (Å²) < 4.78 is 0. The van der Waals surface area contributed by atoms with Gasteiger partial charge >= 0.3 is 0 Å². The topological polar surface area (TPSA) is 15.3 Å². The van der Waals surface area contributed by atoms with Crippen LogP contribution in [0.3, 0.4) is 0 Å². The summed E-state index contributed by atoms with van der Waals surface area (Å²) in [6, 6.07) is 2.37. The van der Waals surface area contributed by atoms with E-state index in [4.69, 9.17) is 0 Å². The fourth-order valence-electron chi connectivity index (χ4n) is 3.99. The summed E-state index contributed by atoms with van der Waals surface area (Å²) in [7, 11) is 0. The maximum atomic E-state index is 3.53. The third-order valence-corrected chi connectivity index (χ3v) is 4.95. The van der Waals surface area contributed by atoms with Crippen molar-refractivity contribution in [3.63, 3.8) is 0 Å². The number of fused-ring (bicyclic) bond motifs is 1. The number of likely N-dealkylation sites (tertiary alicyclic amines) is 1. The fraction of sp³-hybridized carbons (Fsp3) is 1.00. The number of hydrogen-bond donors (Lipinski definition) is 1. The Hall–Kier alpha value is -0.0800. The van der Waals surface area contributed by atoms with Crippen LogP contribution in [-0.4, -0.2) is 36.1 Å². The van der Waals surface area contributed by atoms with Crippen molar-refractivity contribution in [1.82, 2.24) is 10.2 Å². The quantitative estimate of drug-likeness (QED) is 0.729. The van der Waals surface area contributed by atoms with E-state index in [0.29, 0.717) is 6.04 Å². The predicted octanol–water partition coefficient (Wildman–Crippen LogP) is 3.42. The standard InChI is InChI=1S/C16H32N2/c1-13(2)17-11-5-7-14(3)18-12-6-9-15-8-4-10-16(15)18/h13-17H,4-12H2,1-3H3. The van der Waals surface area contributed by atoms with Gasteiger partial charge in [-0.15, -0.1) is 0 Å². The molecule has 1 aliphatic carbocycles. The minimum Gasteiger partial charge on any atom is -0.315 e. The molecule has 0 amide bonds. The van der Waals surface area contributed by atoms with Crippen LogP contribution in [0.4, 0.5) is 0 Å². The summed E-state index contributed by atoms with van der Waals surface area (Å²) in [5.41, 5.74) is 0. The molecule has 2 nitrogen and oxygen atoms in total. The van der Waals surface area contributed by atoms with Gasteiger partial charge in [0, 0.05) is 18.1 Å². The van der Waals surface area contributed by atoms with Crippen molar-refractivity contribution in [2.24, 2.45) is 5.92 Å². The lowest BCUT2D eigenvalue weighted by atomic mass is 9.90. The number of rotatable bonds is 6. The Morgan fingerprint density at radius 2 is 1.89 bits per heavy atom. The van der Waals surface area contributed by atoms with Gasteiger partial charge < -0.3 is 5.32 Å². The Kier molecular flexibility index (Phi) is 5.50. The molecule has 3 atom stereocenters. The largest absolute Gasteiger partial charge is 0.315 e. The molecule has 0 radical (unpaired) electrons. The van der Waals surface area contributed by atoms with Crippen molar-refractivity contribution in [3.8, 4) is 0 Å². The highest BCUT2D eigenvalue weighted by atomic mass is 15.2. The van der Waals surface area contributed by atoms with Gasteiger partial charge in [0.1, 0.15) is 0 Å². The molecule has 0 aromatic heterocycles. The number of piperidine rings is 1. The van der Waals surface area contributed by atoms with Gasteiger partial charge in [-0.2, -0.15) is 0 Å². The van der Waals surface area contributed by atoms with Crippen LogP contribution in [0.1, 0.15) is 65.7 Å². The molecular formula is C16H32N2. The average molecular weight is 252 g/mol. The molecule has 1 saturated carbocycles. The number of hydrogen-bond acceptors (Lipinski definition) is 2. The Morgan fingerprint density at radius 1 is 1.11 bits per heavy atom. The smallest absolute Gasteiger partial charge is 0.0126 e. The molecule has 0 bridgehead atoms. The first-order valence-corrected chi connectivity index (χ1v) is 8.17. The average Bonchev–Trinajstić information content (AvgIpc) is 2.82. The molecule has 0 aromatic carbocycles. The zero-order valence-corrected chi connectivity index (χ0v) is 12.6. The first kappa shape index (κ1) is 14.3. The van der Waals surface area contributed by atoms with Gasteiger partial charge in [0.05, 0.1) is 0 Å². The summed E-state index contributed by atoms with van der Waals surface area (Å²) in [5.74, 6) is 1.04. The van der Waals surface area contributed by atoms with Crippen molar-refractivity contribution < 1.29 is 0 Å². The minimum atomic E-state index is 0.634. The molecule has 2 fully saturated rings. The van der Waals surface area contributed by atoms with Crippen molar-refractivity contribution in [1.29, 1.82) is 0 Å². The third kappa shape index (κ3) is 3.71. The Bertz CT molecular complexity index is 239. The molecule has 106 valence electrons. The summed E-state index contributed by atoms with van der Waals surface area (Å²) in [6.45, 7) is 9.47. The van der Waals surface area contributed by atoms with Crippen LogP contribution in [0, 0.1) is 5.92 Å². The van der Waals surface area contributed by atoms with E-state index in [2.05, 4.69) is 31.0 Å². The molecule has 1 saturated heterocycles. The van der Waals surface area contributed by atoms with Gasteiger partial charge in [-0.25, -0.2) is 0 Å². The monoisotopic (exact) mass is 252 g/mol. The van der Waals surface area contributed by atoms with Crippen LogP contribution in [0.5, 0.6) is 0 Å². The zero-order chi connectivity index (χ0) is 13.0. The molecule has 1 N–H and O–H groups in total. The van der Waals surface area contributed by atoms with Crippen molar-refractivity contribution in [2.75, 3.05) is 13.1 Å². The van der Waals surface area contributed by atoms with E-state index in [0.717, 1.165) is 18.0 Å². The fourth-order valence-corrected chi connectivity index (χ4v) is 3.99. The van der Waals surface area contributed by atoms with E-state index in [1.165, 1.54) is 58.0 Å². The van der Waals surface area contributed by atoms with Crippen LogP contribution >= 0.6 is 0 Å². The summed E-state index contributed by atoms with van der Waals surface area (Å²) in [6.07, 6.45) is 10.1. The second-order valence-corrected chi connectivity index (χ2v) is 6.74. The van der Waals surface area contributed by atoms with Crippen molar-refractivity contribution in [3.05, 3.63) is 0 Å². The molecule has 1 heterocycles. The van der Waals surface area contributed by atoms with Gasteiger partial charge in [-0.3, -0.25) is 4.90 Å². The third-order valence-electron chi connectivity index (χ3n) is 4.95. The van der Waals surface area contributed by atoms with Crippen LogP contribution in [0.25, 0.3) is 0 Å². The van der Waals surface area contributed by atoms with Gasteiger partial charge in [-0.1, -0.05) is 20.3 Å². The molecule has 2 aliphatic rings. The lowest BCUT2D eigenvalue weighted by Crippen LogP contribution is -2.47. The SMILES string of the molecule is CC(C)NCCCC(C)N1CCCC2CCCC21. The van der Waals surface area contributed by atoms with E-state index in [9.17, 15) is 0 Å². The lowest BCUT2D eigenvalue weighted by molar-refractivity contribution is 0.0700. The second kappa shape index (κ2) is 6.91. The van der Waals surface area contributed by atoms with Gasteiger partial charge in [0.2, 0.25) is 0 Å². The van der Waals surface area contributed by atoms with Crippen LogP contribution in [-0.2, 0) is 0 Å². The highest BCUT2D eigenvalue weighted by Gasteiger charge is 2.36. The summed E-state index contributed by atoms with van der Waals surface area (Å²) >= 11 is 0. The Balaban J connectivity index is 1.72. The highest BCUT2D eigenvalue weighted by Crippen LogP contribution is 2.38. The second-order valence-electron chi connectivity index (χ2n) is 6.74. The zero-order valence-electron chi connectivity index (χ0n) is 12.6. The summed E-state index contributed by atoms with van der Waals surface area (Å²) in [5, 5.41) is 3.53. The first-order chi connectivity index (χ1) is 8.68. The van der Waals surface area contributed by atoms with Crippen LogP contribution in [0.2, 0.25) is 0 Å². The first-order valence-electron chi connectivity index (χ1n) is 8.17. The number of nitrogens with one attached hydrogen (secondary N) is 1. The van der Waals surface area contributed by atoms with Gasteiger partial charge in [-0.05, 0) is 64.5 Å². The molecular weight excluding hydrogens is 220 g/mol. The molecule has 0 spiro atoms. The van der Waals surface area contributed by atoms with Crippen molar-refractivity contribution in [2.45, 2.75) is 83.8 Å². The van der Waals surface area contributed by atoms with E-state index in [1.807, 2.05) is 0 Å². The number of nitrogens with zero attached hydrogens (tertiary/aromatic N) is 1. The predicted molar refractivity (Wildman–Crippen MR) is 78.9 cm³/mol. The van der Waals surface area contributed by atoms with Gasteiger partial charge in [0.15, 0.2) is 0 Å². The molecule has 1 aliphatic heterocycles. The maximum Gasteiger partial charge on any atom is 0.0126 e. The van der Waals surface area contributed by atoms with Crippen molar-refractivity contribution >= 4 is 0 Å². The van der Waals surface area contributed by atoms with E-state index >= 15 is 0 Å². The van der Waals surface area contributed by atoms with Crippen LogP contribution < -0.4 is 5.32 Å².